The Bertz CT molecular complexity index is 895. The molecule has 0 fully saturated rings. The number of ether oxygens (including phenoxy) is 1. The Morgan fingerprint density at radius 1 is 1.04 bits per heavy atom. The molecule has 0 amide bonds. The molecule has 0 aliphatic rings. The van der Waals surface area contributed by atoms with E-state index >= 15 is 0 Å². The first-order valence-corrected chi connectivity index (χ1v) is 7.81. The highest BCUT2D eigenvalue weighted by atomic mass is 35.5. The molecular formula is C18H18ClN3O. The number of nitrogens with one attached hydrogen (secondary N) is 1. The molecule has 0 saturated carbocycles. The molecule has 0 aliphatic carbocycles. The molecule has 4 nitrogen and oxygen atoms in total. The van der Waals surface area contributed by atoms with E-state index < -0.39 is 0 Å². The van der Waals surface area contributed by atoms with Crippen LogP contribution in [0.5, 0.6) is 5.75 Å². The van der Waals surface area contributed by atoms with Crippen molar-refractivity contribution in [3.63, 3.8) is 0 Å². The van der Waals surface area contributed by atoms with Gasteiger partial charge in [-0.05, 0) is 24.3 Å². The van der Waals surface area contributed by atoms with E-state index in [1.807, 2.05) is 51.6 Å². The summed E-state index contributed by atoms with van der Waals surface area (Å²) in [5.74, 6) is 0.663. The van der Waals surface area contributed by atoms with Gasteiger partial charge in [0.25, 0.3) is 0 Å². The highest BCUT2D eigenvalue weighted by Crippen LogP contribution is 2.23. The summed E-state index contributed by atoms with van der Waals surface area (Å²) in [7, 11) is 0. The highest BCUT2D eigenvalue weighted by molar-refractivity contribution is 6.32. The summed E-state index contributed by atoms with van der Waals surface area (Å²) >= 11 is 6.09. The van der Waals surface area contributed by atoms with Gasteiger partial charge in [-0.1, -0.05) is 41.9 Å². The predicted molar refractivity (Wildman–Crippen MR) is 92.9 cm³/mol. The molecule has 0 radical (unpaired) electrons. The molecule has 2 aromatic carbocycles. The first-order valence-electron chi connectivity index (χ1n) is 7.43. The lowest BCUT2D eigenvalue weighted by atomic mass is 10.3. The van der Waals surface area contributed by atoms with Crippen molar-refractivity contribution in [3.8, 4) is 5.75 Å². The molecule has 1 N–H and O–H groups in total. The molecule has 0 spiro atoms. The topological polar surface area (TPSA) is 42.9 Å². The first-order chi connectivity index (χ1) is 11.2. The summed E-state index contributed by atoms with van der Waals surface area (Å²) in [5.41, 5.74) is 2.48. The molecule has 0 unspecified atom stereocenters. The summed E-state index contributed by atoms with van der Waals surface area (Å²) < 4.78 is 9.62. The smallest absolute Gasteiger partial charge is 0.203 e. The third kappa shape index (κ3) is 3.03. The van der Waals surface area contributed by atoms with Crippen molar-refractivity contribution in [2.24, 2.45) is 0 Å². The normalized spacial score (nSPS) is 10.8. The van der Waals surface area contributed by atoms with Crippen molar-refractivity contribution >= 4 is 22.6 Å². The monoisotopic (exact) mass is 327 g/mol. The van der Waals surface area contributed by atoms with Crippen LogP contribution in [0.4, 0.5) is 0 Å². The van der Waals surface area contributed by atoms with Crippen LogP contribution in [-0.4, -0.2) is 15.7 Å². The highest BCUT2D eigenvalue weighted by Gasteiger charge is 2.09. The second-order valence-corrected chi connectivity index (χ2v) is 5.55. The minimum atomic E-state index is 0.439. The minimum absolute atomic E-state index is 0.439. The zero-order valence-electron chi connectivity index (χ0n) is 12.7. The van der Waals surface area contributed by atoms with Crippen molar-refractivity contribution in [1.82, 2.24) is 9.13 Å². The first kappa shape index (κ1) is 15.4. The maximum atomic E-state index is 8.40. The molecule has 0 aliphatic heterocycles. The maximum absolute atomic E-state index is 8.40. The third-order valence-corrected chi connectivity index (χ3v) is 4.01. The van der Waals surface area contributed by atoms with E-state index in [4.69, 9.17) is 21.7 Å². The number of allylic oxidation sites excluding steroid dienone is 1. The molecule has 5 heteroatoms. The van der Waals surface area contributed by atoms with Gasteiger partial charge < -0.3 is 13.9 Å². The van der Waals surface area contributed by atoms with Crippen LogP contribution in [0.1, 0.15) is 0 Å². The van der Waals surface area contributed by atoms with E-state index in [1.165, 1.54) is 0 Å². The summed E-state index contributed by atoms with van der Waals surface area (Å²) in [4.78, 5) is 0. The number of hydrogen-bond donors (Lipinski definition) is 1. The Labute approximate surface area is 139 Å². The Morgan fingerprint density at radius 3 is 2.39 bits per heavy atom. The lowest BCUT2D eigenvalue weighted by Crippen LogP contribution is -2.26. The van der Waals surface area contributed by atoms with E-state index in [-0.39, 0.29) is 0 Å². The molecule has 0 bridgehead atoms. The average molecular weight is 328 g/mol. The van der Waals surface area contributed by atoms with Crippen molar-refractivity contribution in [2.75, 3.05) is 6.61 Å². The molecule has 118 valence electrons. The quantitative estimate of drug-likeness (QED) is 0.687. The zero-order valence-corrected chi connectivity index (χ0v) is 13.5. The van der Waals surface area contributed by atoms with Gasteiger partial charge in [0.2, 0.25) is 5.62 Å². The fourth-order valence-corrected chi connectivity index (χ4v) is 2.83. The number of aromatic nitrogens is 2. The van der Waals surface area contributed by atoms with Crippen LogP contribution in [0.2, 0.25) is 5.02 Å². The second kappa shape index (κ2) is 6.75. The van der Waals surface area contributed by atoms with Gasteiger partial charge in [0.15, 0.2) is 0 Å². The zero-order chi connectivity index (χ0) is 16.2. The lowest BCUT2D eigenvalue weighted by molar-refractivity contribution is 0.297. The predicted octanol–water partition coefficient (Wildman–Crippen LogP) is 3.84. The van der Waals surface area contributed by atoms with Gasteiger partial charge >= 0.3 is 0 Å². The number of rotatable bonds is 6. The molecule has 0 saturated heterocycles. The van der Waals surface area contributed by atoms with Crippen LogP contribution in [0.25, 0.3) is 11.0 Å². The summed E-state index contributed by atoms with van der Waals surface area (Å²) in [5, 5.41) is 9.00. The molecule has 23 heavy (non-hydrogen) atoms. The van der Waals surface area contributed by atoms with Gasteiger partial charge in [-0.2, -0.15) is 0 Å². The number of para-hydroxylation sites is 3. The summed E-state index contributed by atoms with van der Waals surface area (Å²) in [6, 6.07) is 15.4. The van der Waals surface area contributed by atoms with Gasteiger partial charge in [-0.3, -0.25) is 5.41 Å². The number of benzene rings is 2. The fraction of sp³-hybridized carbons (Fsp3) is 0.167. The Hall–Kier alpha value is -2.46. The lowest BCUT2D eigenvalue weighted by Gasteiger charge is -2.09. The fourth-order valence-electron chi connectivity index (χ4n) is 2.64. The Balaban J connectivity index is 1.86. The molecular weight excluding hydrogens is 310 g/mol. The molecule has 3 rings (SSSR count). The van der Waals surface area contributed by atoms with Crippen LogP contribution < -0.4 is 10.4 Å². The van der Waals surface area contributed by atoms with E-state index in [0.717, 1.165) is 11.0 Å². The van der Waals surface area contributed by atoms with Crippen molar-refractivity contribution in [2.45, 2.75) is 13.1 Å². The van der Waals surface area contributed by atoms with Crippen LogP contribution in [-0.2, 0) is 13.1 Å². The number of nitrogens with zero attached hydrogens (tertiary/aromatic N) is 2. The second-order valence-electron chi connectivity index (χ2n) is 5.14. The molecule has 0 atom stereocenters. The molecule has 3 aromatic rings. The van der Waals surface area contributed by atoms with Gasteiger partial charge in [0.1, 0.15) is 12.4 Å². The SMILES string of the molecule is C=CCn1c(=N)n(CCOc2ccccc2Cl)c2ccccc21. The molecule has 1 aromatic heterocycles. The van der Waals surface area contributed by atoms with Gasteiger partial charge in [0, 0.05) is 6.54 Å². The average Bonchev–Trinajstić information content (AvgIpc) is 2.83. The standard InChI is InChI=1S/C18H18ClN3O/c1-2-11-21-15-8-4-5-9-16(15)22(18(21)20)12-13-23-17-10-6-3-7-14(17)19/h2-10,20H,1,11-13H2. The summed E-state index contributed by atoms with van der Waals surface area (Å²) in [6.07, 6.45) is 1.80. The number of hydrogen-bond acceptors (Lipinski definition) is 2. The van der Waals surface area contributed by atoms with E-state index in [1.54, 1.807) is 12.1 Å². The molecule has 1 heterocycles. The van der Waals surface area contributed by atoms with Gasteiger partial charge in [0.05, 0.1) is 22.6 Å². The van der Waals surface area contributed by atoms with E-state index in [0.29, 0.717) is 36.1 Å². The van der Waals surface area contributed by atoms with Gasteiger partial charge in [-0.25, -0.2) is 0 Å². The Morgan fingerprint density at radius 2 is 1.70 bits per heavy atom. The van der Waals surface area contributed by atoms with Crippen molar-refractivity contribution < 1.29 is 4.74 Å². The summed E-state index contributed by atoms with van der Waals surface area (Å²) in [6.45, 7) is 5.41. The van der Waals surface area contributed by atoms with Crippen LogP contribution in [0.15, 0.2) is 61.2 Å². The van der Waals surface area contributed by atoms with E-state index in [2.05, 4.69) is 6.58 Å². The van der Waals surface area contributed by atoms with Crippen molar-refractivity contribution in [1.29, 1.82) is 5.41 Å². The third-order valence-electron chi connectivity index (χ3n) is 3.70. The van der Waals surface area contributed by atoms with Crippen molar-refractivity contribution in [3.05, 3.63) is 71.8 Å². The van der Waals surface area contributed by atoms with E-state index in [9.17, 15) is 0 Å². The number of fused-ring (bicyclic) bond motifs is 1. The Kier molecular flexibility index (Phi) is 4.53. The maximum Gasteiger partial charge on any atom is 0.203 e. The largest absolute Gasteiger partial charge is 0.490 e. The van der Waals surface area contributed by atoms with Crippen LogP contribution in [0, 0.1) is 5.41 Å². The number of imidazole rings is 1. The van der Waals surface area contributed by atoms with Crippen LogP contribution in [0.3, 0.4) is 0 Å². The minimum Gasteiger partial charge on any atom is -0.490 e. The van der Waals surface area contributed by atoms with Crippen LogP contribution >= 0.6 is 11.6 Å². The number of halogens is 1. The van der Waals surface area contributed by atoms with Gasteiger partial charge in [-0.15, -0.1) is 6.58 Å².